The van der Waals surface area contributed by atoms with E-state index in [0.29, 0.717) is 13.2 Å². The molecule has 0 saturated carbocycles. The van der Waals surface area contributed by atoms with Crippen LogP contribution in [0.4, 0.5) is 0 Å². The smallest absolute Gasteiger partial charge is 0.216 e. The maximum atomic E-state index is 12.1. The Morgan fingerprint density at radius 2 is 2.00 bits per heavy atom. The number of hydrogen-bond acceptors (Lipinski definition) is 4. The molecule has 1 aromatic rings. The average molecular weight is 298 g/mol. The molecule has 1 aromatic carbocycles. The third kappa shape index (κ3) is 4.28. The largest absolute Gasteiger partial charge is 0.381 e. The van der Waals surface area contributed by atoms with Crippen molar-refractivity contribution in [3.8, 4) is 0 Å². The van der Waals surface area contributed by atoms with Gasteiger partial charge in [-0.1, -0.05) is 24.3 Å². The highest BCUT2D eigenvalue weighted by atomic mass is 32.2. The highest BCUT2D eigenvalue weighted by Crippen LogP contribution is 2.17. The Morgan fingerprint density at radius 3 is 2.55 bits per heavy atom. The lowest BCUT2D eigenvalue weighted by atomic mass is 10.0. The highest BCUT2D eigenvalue weighted by Gasteiger charge is 2.25. The van der Waals surface area contributed by atoms with Gasteiger partial charge in [-0.25, -0.2) is 13.1 Å². The minimum absolute atomic E-state index is 0.00420. The Hall–Kier alpha value is -0.950. The van der Waals surface area contributed by atoms with Gasteiger partial charge in [0.25, 0.3) is 0 Å². The van der Waals surface area contributed by atoms with E-state index in [-0.39, 0.29) is 17.7 Å². The summed E-state index contributed by atoms with van der Waals surface area (Å²) in [6.07, 6.45) is 0.912. The van der Waals surface area contributed by atoms with Gasteiger partial charge in [-0.2, -0.15) is 0 Å². The van der Waals surface area contributed by atoms with E-state index in [4.69, 9.17) is 10.5 Å². The van der Waals surface area contributed by atoms with Crippen LogP contribution in [-0.2, 0) is 27.1 Å². The minimum Gasteiger partial charge on any atom is -0.381 e. The number of benzene rings is 1. The molecule has 3 N–H and O–H groups in total. The van der Waals surface area contributed by atoms with E-state index in [1.807, 2.05) is 31.2 Å². The lowest BCUT2D eigenvalue weighted by Crippen LogP contribution is -2.38. The van der Waals surface area contributed by atoms with Crippen molar-refractivity contribution in [3.05, 3.63) is 35.4 Å². The topological polar surface area (TPSA) is 81.4 Å². The first-order chi connectivity index (χ1) is 9.50. The molecule has 0 amide bonds. The van der Waals surface area contributed by atoms with Crippen molar-refractivity contribution in [3.63, 3.8) is 0 Å². The summed E-state index contributed by atoms with van der Waals surface area (Å²) < 4.78 is 32.3. The van der Waals surface area contributed by atoms with Crippen molar-refractivity contribution in [1.82, 2.24) is 4.72 Å². The number of hydrogen-bond donors (Lipinski definition) is 2. The van der Waals surface area contributed by atoms with Crippen LogP contribution in [0.5, 0.6) is 0 Å². The van der Waals surface area contributed by atoms with Crippen molar-refractivity contribution in [2.75, 3.05) is 13.2 Å². The zero-order valence-corrected chi connectivity index (χ0v) is 12.5. The Kier molecular flexibility index (Phi) is 5.15. The van der Waals surface area contributed by atoms with E-state index in [1.165, 1.54) is 0 Å². The molecular weight excluding hydrogens is 276 g/mol. The fourth-order valence-electron chi connectivity index (χ4n) is 2.36. The molecule has 2 rings (SSSR count). The number of nitrogens with one attached hydrogen (secondary N) is 1. The first-order valence-electron chi connectivity index (χ1n) is 6.86. The van der Waals surface area contributed by atoms with Crippen molar-refractivity contribution >= 4 is 10.0 Å². The van der Waals surface area contributed by atoms with Gasteiger partial charge >= 0.3 is 0 Å². The first-order valence-corrected chi connectivity index (χ1v) is 8.51. The van der Waals surface area contributed by atoms with E-state index in [1.54, 1.807) is 0 Å². The van der Waals surface area contributed by atoms with Crippen LogP contribution in [0.25, 0.3) is 0 Å². The van der Waals surface area contributed by atoms with Gasteiger partial charge in [-0.05, 0) is 24.5 Å². The van der Waals surface area contributed by atoms with Crippen LogP contribution in [0.3, 0.4) is 0 Å². The maximum absolute atomic E-state index is 12.1. The highest BCUT2D eigenvalue weighted by molar-refractivity contribution is 7.88. The Bertz CT molecular complexity index is 522. The van der Waals surface area contributed by atoms with E-state index < -0.39 is 10.0 Å². The molecule has 1 saturated heterocycles. The quantitative estimate of drug-likeness (QED) is 0.820. The summed E-state index contributed by atoms with van der Waals surface area (Å²) in [6, 6.07) is 7.25. The van der Waals surface area contributed by atoms with Gasteiger partial charge in [-0.3, -0.25) is 0 Å². The van der Waals surface area contributed by atoms with E-state index >= 15 is 0 Å². The van der Waals surface area contributed by atoms with Crippen LogP contribution < -0.4 is 10.5 Å². The van der Waals surface area contributed by atoms with Crippen LogP contribution in [0.15, 0.2) is 24.3 Å². The summed E-state index contributed by atoms with van der Waals surface area (Å²) in [4.78, 5) is 0. The third-order valence-corrected chi connectivity index (χ3v) is 5.10. The van der Waals surface area contributed by atoms with Crippen molar-refractivity contribution in [2.24, 2.45) is 11.7 Å². The fourth-order valence-corrected chi connectivity index (χ4v) is 3.83. The summed E-state index contributed by atoms with van der Waals surface area (Å²) in [6.45, 7) is 3.71. The average Bonchev–Trinajstić information content (AvgIpc) is 2.92. The van der Waals surface area contributed by atoms with Gasteiger partial charge in [0, 0.05) is 25.1 Å². The monoisotopic (exact) mass is 298 g/mol. The van der Waals surface area contributed by atoms with Gasteiger partial charge < -0.3 is 10.5 Å². The molecule has 1 aliphatic rings. The van der Waals surface area contributed by atoms with E-state index in [2.05, 4.69) is 4.72 Å². The van der Waals surface area contributed by atoms with Crippen LogP contribution in [0, 0.1) is 5.92 Å². The van der Waals surface area contributed by atoms with Crippen LogP contribution in [0.2, 0.25) is 0 Å². The summed E-state index contributed by atoms with van der Waals surface area (Å²) in [5.41, 5.74) is 7.28. The second kappa shape index (κ2) is 6.67. The first kappa shape index (κ1) is 15.4. The predicted molar refractivity (Wildman–Crippen MR) is 78.5 cm³/mol. The van der Waals surface area contributed by atoms with Crippen LogP contribution >= 0.6 is 0 Å². The number of sulfonamides is 1. The predicted octanol–water partition coefficient (Wildman–Crippen LogP) is 0.990. The number of ether oxygens (including phenoxy) is 1. The molecule has 0 aromatic heterocycles. The molecule has 2 atom stereocenters. The zero-order valence-electron chi connectivity index (χ0n) is 11.7. The summed E-state index contributed by atoms with van der Waals surface area (Å²) in [5.74, 6) is 0.264. The van der Waals surface area contributed by atoms with Gasteiger partial charge in [-0.15, -0.1) is 0 Å². The van der Waals surface area contributed by atoms with E-state index in [9.17, 15) is 8.42 Å². The normalized spacial score (nSPS) is 21.0. The molecule has 0 aliphatic carbocycles. The van der Waals surface area contributed by atoms with Gasteiger partial charge in [0.05, 0.1) is 12.4 Å². The van der Waals surface area contributed by atoms with E-state index in [0.717, 1.165) is 24.2 Å². The summed E-state index contributed by atoms with van der Waals surface area (Å²) in [7, 11) is -3.33. The van der Waals surface area contributed by atoms with Crippen LogP contribution in [0.1, 0.15) is 24.5 Å². The van der Waals surface area contributed by atoms with Gasteiger partial charge in [0.2, 0.25) is 10.0 Å². The van der Waals surface area contributed by atoms with Crippen molar-refractivity contribution in [1.29, 1.82) is 0 Å². The molecule has 0 spiro atoms. The summed E-state index contributed by atoms with van der Waals surface area (Å²) in [5, 5.41) is 0. The number of nitrogens with two attached hydrogens (primary N) is 1. The lowest BCUT2D eigenvalue weighted by Gasteiger charge is -2.19. The molecule has 2 unspecified atom stereocenters. The zero-order chi connectivity index (χ0) is 14.6. The fraction of sp³-hybridized carbons (Fsp3) is 0.571. The molecule has 1 fully saturated rings. The minimum atomic E-state index is -3.33. The molecule has 1 aliphatic heterocycles. The Morgan fingerprint density at radius 1 is 1.35 bits per heavy atom. The lowest BCUT2D eigenvalue weighted by molar-refractivity contribution is 0.180. The van der Waals surface area contributed by atoms with Crippen LogP contribution in [-0.4, -0.2) is 27.7 Å². The van der Waals surface area contributed by atoms with Crippen molar-refractivity contribution in [2.45, 2.75) is 31.7 Å². The number of rotatable bonds is 6. The maximum Gasteiger partial charge on any atom is 0.216 e. The molecule has 5 nitrogen and oxygen atoms in total. The molecule has 112 valence electrons. The third-order valence-electron chi connectivity index (χ3n) is 3.65. The molecule has 1 heterocycles. The second-order valence-corrected chi connectivity index (χ2v) is 7.06. The standard InChI is InChI=1S/C14H22N2O3S/c1-11(14-6-7-19-9-14)16-20(17,18)10-13-4-2-12(8-15)3-5-13/h2-5,11,14,16H,6-10,15H2,1H3. The second-order valence-electron chi connectivity index (χ2n) is 5.31. The van der Waals surface area contributed by atoms with Crippen molar-refractivity contribution < 1.29 is 13.2 Å². The van der Waals surface area contributed by atoms with Gasteiger partial charge in [0.1, 0.15) is 0 Å². The molecule has 0 radical (unpaired) electrons. The molecule has 20 heavy (non-hydrogen) atoms. The summed E-state index contributed by atoms with van der Waals surface area (Å²) >= 11 is 0. The molecule has 0 bridgehead atoms. The molecular formula is C14H22N2O3S. The van der Waals surface area contributed by atoms with Gasteiger partial charge in [0.15, 0.2) is 0 Å². The Balaban J connectivity index is 1.95. The Labute approximate surface area is 120 Å². The molecule has 6 heteroatoms. The SMILES string of the molecule is CC(NS(=O)(=O)Cc1ccc(CN)cc1)C1CCOC1.